The van der Waals surface area contributed by atoms with Crippen LogP contribution in [0.1, 0.15) is 23.3 Å². The molecule has 0 unspecified atom stereocenters. The molecule has 1 aromatic carbocycles. The molecule has 0 spiro atoms. The first-order valence-electron chi connectivity index (χ1n) is 7.14. The molecule has 4 rings (SSSR count). The summed E-state index contributed by atoms with van der Waals surface area (Å²) in [6.45, 7) is 0. The van der Waals surface area contributed by atoms with E-state index in [0.717, 1.165) is 29.5 Å². The third kappa shape index (κ3) is 2.18. The van der Waals surface area contributed by atoms with Crippen molar-refractivity contribution in [3.8, 4) is 11.4 Å². The fourth-order valence-corrected chi connectivity index (χ4v) is 4.63. The Balaban J connectivity index is 1.98. The van der Waals surface area contributed by atoms with E-state index in [1.807, 2.05) is 6.07 Å². The van der Waals surface area contributed by atoms with Crippen LogP contribution in [-0.2, 0) is 12.8 Å². The Morgan fingerprint density at radius 2 is 2.00 bits per heavy atom. The molecule has 112 valence electrons. The maximum atomic E-state index is 12.5. The molecule has 1 N–H and O–H groups in total. The molecule has 2 heterocycles. The number of nitrogens with zero attached hydrogens (tertiary/aromatic N) is 1. The Bertz CT molecular complexity index is 945. The summed E-state index contributed by atoms with van der Waals surface area (Å²) in [4.78, 5) is 22.1. The second-order valence-corrected chi connectivity index (χ2v) is 7.28. The third-order valence-corrected chi connectivity index (χ3v) is 6.04. The molecule has 3 nitrogen and oxygen atoms in total. The first-order valence-corrected chi connectivity index (χ1v) is 8.71. The van der Waals surface area contributed by atoms with Crippen LogP contribution in [0.5, 0.6) is 0 Å². The second kappa shape index (κ2) is 5.37. The maximum Gasteiger partial charge on any atom is 0.260 e. The molecule has 6 heteroatoms. The number of hydrogen-bond donors (Lipinski definition) is 1. The van der Waals surface area contributed by atoms with E-state index in [1.165, 1.54) is 16.9 Å². The molecule has 0 saturated carbocycles. The van der Waals surface area contributed by atoms with Gasteiger partial charge in [0.15, 0.2) is 0 Å². The molecule has 1 aliphatic carbocycles. The zero-order valence-electron chi connectivity index (χ0n) is 11.6. The third-order valence-electron chi connectivity index (χ3n) is 4.03. The lowest BCUT2D eigenvalue weighted by molar-refractivity contribution is 0.700. The fraction of sp³-hybridized carbons (Fsp3) is 0.250. The lowest BCUT2D eigenvalue weighted by Gasteiger charge is -2.09. The number of aromatic nitrogens is 2. The van der Waals surface area contributed by atoms with E-state index in [0.29, 0.717) is 21.4 Å². The normalized spacial score (nSPS) is 14.3. The van der Waals surface area contributed by atoms with Gasteiger partial charge in [0, 0.05) is 10.4 Å². The lowest BCUT2D eigenvalue weighted by Crippen LogP contribution is -2.11. The molecular formula is C16H12Cl2N2OS. The highest BCUT2D eigenvalue weighted by Gasteiger charge is 2.20. The van der Waals surface area contributed by atoms with Crippen molar-refractivity contribution in [3.63, 3.8) is 0 Å². The predicted octanol–water partition coefficient (Wildman–Crippen LogP) is 4.84. The second-order valence-electron chi connectivity index (χ2n) is 5.41. The number of fused-ring (bicyclic) bond motifs is 3. The molecule has 0 amide bonds. The summed E-state index contributed by atoms with van der Waals surface area (Å²) < 4.78 is 0. The van der Waals surface area contributed by atoms with Crippen molar-refractivity contribution in [1.29, 1.82) is 0 Å². The summed E-state index contributed by atoms with van der Waals surface area (Å²) in [5, 5.41) is 1.61. The monoisotopic (exact) mass is 350 g/mol. The van der Waals surface area contributed by atoms with Crippen molar-refractivity contribution < 1.29 is 0 Å². The number of thiophene rings is 1. The Morgan fingerprint density at radius 1 is 1.18 bits per heavy atom. The number of benzene rings is 1. The van der Waals surface area contributed by atoms with Gasteiger partial charge in [0.2, 0.25) is 0 Å². The van der Waals surface area contributed by atoms with Crippen molar-refractivity contribution in [3.05, 3.63) is 49.0 Å². The van der Waals surface area contributed by atoms with Crippen molar-refractivity contribution in [2.45, 2.75) is 25.7 Å². The van der Waals surface area contributed by atoms with Gasteiger partial charge in [-0.25, -0.2) is 4.98 Å². The standard InChI is InChI=1S/C16H12Cl2N2OS/c17-10-6-3-5-9(13(10)18)14-19-15(21)12-8-4-1-2-7-11(8)22-16(12)20-14/h3,5-6H,1-2,4,7H2,(H,19,20,21). The lowest BCUT2D eigenvalue weighted by atomic mass is 9.97. The van der Waals surface area contributed by atoms with Gasteiger partial charge in [-0.2, -0.15) is 0 Å². The zero-order chi connectivity index (χ0) is 15.3. The van der Waals surface area contributed by atoms with Crippen LogP contribution >= 0.6 is 34.5 Å². The van der Waals surface area contributed by atoms with E-state index in [2.05, 4.69) is 9.97 Å². The summed E-state index contributed by atoms with van der Waals surface area (Å²) in [5.74, 6) is 0.476. The number of H-pyrrole nitrogens is 1. The van der Waals surface area contributed by atoms with Crippen LogP contribution < -0.4 is 5.56 Å². The Kier molecular flexibility index (Phi) is 3.48. The van der Waals surface area contributed by atoms with Crippen LogP contribution in [0.2, 0.25) is 10.0 Å². The van der Waals surface area contributed by atoms with Crippen LogP contribution in [-0.4, -0.2) is 9.97 Å². The van der Waals surface area contributed by atoms with E-state index in [1.54, 1.807) is 23.5 Å². The topological polar surface area (TPSA) is 45.8 Å². The van der Waals surface area contributed by atoms with Crippen molar-refractivity contribution in [2.24, 2.45) is 0 Å². The molecule has 0 bridgehead atoms. The number of hydrogen-bond acceptors (Lipinski definition) is 3. The van der Waals surface area contributed by atoms with E-state index in [-0.39, 0.29) is 5.56 Å². The molecule has 0 fully saturated rings. The average molecular weight is 351 g/mol. The largest absolute Gasteiger partial charge is 0.306 e. The van der Waals surface area contributed by atoms with Crippen LogP contribution in [0.15, 0.2) is 23.0 Å². The number of aryl methyl sites for hydroxylation is 2. The Hall–Kier alpha value is -1.36. The number of nitrogens with one attached hydrogen (secondary N) is 1. The van der Waals surface area contributed by atoms with Gasteiger partial charge < -0.3 is 4.98 Å². The Morgan fingerprint density at radius 3 is 2.86 bits per heavy atom. The quantitative estimate of drug-likeness (QED) is 0.682. The molecule has 3 aromatic rings. The van der Waals surface area contributed by atoms with Gasteiger partial charge in [0.1, 0.15) is 10.7 Å². The molecule has 0 atom stereocenters. The first-order chi connectivity index (χ1) is 10.6. The molecule has 2 aromatic heterocycles. The summed E-state index contributed by atoms with van der Waals surface area (Å²) >= 11 is 13.9. The smallest absolute Gasteiger partial charge is 0.260 e. The number of rotatable bonds is 1. The highest BCUT2D eigenvalue weighted by Crippen LogP contribution is 2.36. The molecule has 0 saturated heterocycles. The highest BCUT2D eigenvalue weighted by atomic mass is 35.5. The SMILES string of the molecule is O=c1[nH]c(-c2cccc(Cl)c2Cl)nc2sc3c(c12)CCCC3. The predicted molar refractivity (Wildman–Crippen MR) is 92.3 cm³/mol. The minimum Gasteiger partial charge on any atom is -0.306 e. The van der Waals surface area contributed by atoms with Gasteiger partial charge in [-0.05, 0) is 43.4 Å². The fourth-order valence-electron chi connectivity index (χ4n) is 2.98. The van der Waals surface area contributed by atoms with Gasteiger partial charge in [0.25, 0.3) is 5.56 Å². The Labute approximate surface area is 140 Å². The molecule has 1 aliphatic rings. The minimum atomic E-state index is -0.0876. The van der Waals surface area contributed by atoms with Crippen LogP contribution in [0.3, 0.4) is 0 Å². The summed E-state index contributed by atoms with van der Waals surface area (Å²) in [6.07, 6.45) is 4.34. The highest BCUT2D eigenvalue weighted by molar-refractivity contribution is 7.18. The molecule has 0 aliphatic heterocycles. The zero-order valence-corrected chi connectivity index (χ0v) is 13.9. The van der Waals surface area contributed by atoms with Gasteiger partial charge in [-0.15, -0.1) is 11.3 Å². The van der Waals surface area contributed by atoms with E-state index < -0.39 is 0 Å². The van der Waals surface area contributed by atoms with Crippen molar-refractivity contribution in [1.82, 2.24) is 9.97 Å². The summed E-state index contributed by atoms with van der Waals surface area (Å²) in [5.41, 5.74) is 1.75. The molecule has 0 radical (unpaired) electrons. The summed E-state index contributed by atoms with van der Waals surface area (Å²) in [7, 11) is 0. The minimum absolute atomic E-state index is 0.0876. The van der Waals surface area contributed by atoms with Crippen LogP contribution in [0.4, 0.5) is 0 Å². The van der Waals surface area contributed by atoms with Gasteiger partial charge in [0.05, 0.1) is 15.4 Å². The molecule has 22 heavy (non-hydrogen) atoms. The van der Waals surface area contributed by atoms with E-state index >= 15 is 0 Å². The van der Waals surface area contributed by atoms with Crippen LogP contribution in [0, 0.1) is 0 Å². The maximum absolute atomic E-state index is 12.5. The van der Waals surface area contributed by atoms with Gasteiger partial charge in [-0.3, -0.25) is 4.79 Å². The van der Waals surface area contributed by atoms with E-state index in [4.69, 9.17) is 23.2 Å². The van der Waals surface area contributed by atoms with Crippen molar-refractivity contribution in [2.75, 3.05) is 0 Å². The van der Waals surface area contributed by atoms with Gasteiger partial charge in [-0.1, -0.05) is 29.3 Å². The van der Waals surface area contributed by atoms with Crippen LogP contribution in [0.25, 0.3) is 21.6 Å². The first kappa shape index (κ1) is 14.2. The van der Waals surface area contributed by atoms with Gasteiger partial charge >= 0.3 is 0 Å². The summed E-state index contributed by atoms with van der Waals surface area (Å²) in [6, 6.07) is 5.33. The average Bonchev–Trinajstić information content (AvgIpc) is 2.88. The molecular weight excluding hydrogens is 339 g/mol. The van der Waals surface area contributed by atoms with Crippen molar-refractivity contribution >= 4 is 44.8 Å². The number of halogens is 2. The van der Waals surface area contributed by atoms with E-state index in [9.17, 15) is 4.79 Å². The number of aromatic amines is 1.